The summed E-state index contributed by atoms with van der Waals surface area (Å²) in [5, 5.41) is 9.40. The number of likely N-dealkylation sites (tertiary alicyclic amines) is 1. The number of carbonyl (C=O) groups excluding carboxylic acids is 3. The van der Waals surface area contributed by atoms with Crippen molar-refractivity contribution in [2.45, 2.75) is 64.2 Å². The lowest BCUT2D eigenvalue weighted by atomic mass is 9.62. The molecule has 6 atom stereocenters. The lowest BCUT2D eigenvalue weighted by Gasteiger charge is -2.38. The molecule has 38 heavy (non-hydrogen) atoms. The highest BCUT2D eigenvalue weighted by Gasteiger charge is 2.80. The van der Waals surface area contributed by atoms with Crippen LogP contribution in [0.1, 0.15) is 44.2 Å². The highest BCUT2D eigenvalue weighted by Crippen LogP contribution is 2.65. The first-order valence-corrected chi connectivity index (χ1v) is 13.5. The molecule has 0 radical (unpaired) electrons. The van der Waals surface area contributed by atoms with Crippen molar-refractivity contribution in [1.29, 1.82) is 0 Å². The Morgan fingerprint density at radius 1 is 1.24 bits per heavy atom. The van der Waals surface area contributed by atoms with Gasteiger partial charge in [-0.15, -0.1) is 6.58 Å². The number of unbranched alkanes of at least 4 members (excludes halogenated alkanes) is 1. The van der Waals surface area contributed by atoms with Crippen LogP contribution in [0.4, 0.5) is 5.69 Å². The standard InChI is InChI=1S/C30H40N2O6/c1-7-14-31(24-19(3)12-11-13-20(24)4)27(35)25-30-18-21(5)29(6,38-30)23(28(36)37-17-8-2)22(30)26(34)32(25)15-9-10-16-33/h7-8,11-13,21-23,25,33H,1-2,9-10,14-18H2,3-6H3/t21?,22-,23-,25?,29+,30?/m0/s1. The van der Waals surface area contributed by atoms with Gasteiger partial charge < -0.3 is 24.4 Å². The Morgan fingerprint density at radius 3 is 2.53 bits per heavy atom. The van der Waals surface area contributed by atoms with Crippen LogP contribution in [-0.2, 0) is 23.9 Å². The summed E-state index contributed by atoms with van der Waals surface area (Å²) in [6.07, 6.45) is 4.67. The van der Waals surface area contributed by atoms with Gasteiger partial charge >= 0.3 is 5.97 Å². The van der Waals surface area contributed by atoms with Gasteiger partial charge in [-0.25, -0.2) is 0 Å². The van der Waals surface area contributed by atoms with Crippen LogP contribution in [0.25, 0.3) is 0 Å². The van der Waals surface area contributed by atoms with Gasteiger partial charge in [-0.3, -0.25) is 14.4 Å². The molecule has 3 fully saturated rings. The van der Waals surface area contributed by atoms with Crippen molar-refractivity contribution < 1.29 is 29.0 Å². The summed E-state index contributed by atoms with van der Waals surface area (Å²) in [6, 6.07) is 4.94. The van der Waals surface area contributed by atoms with E-state index in [0.717, 1.165) is 16.8 Å². The third-order valence-electron chi connectivity index (χ3n) is 8.74. The molecule has 2 bridgehead atoms. The maximum absolute atomic E-state index is 14.6. The summed E-state index contributed by atoms with van der Waals surface area (Å²) in [6.45, 7) is 15.9. The molecule has 0 aliphatic carbocycles. The molecule has 1 N–H and O–H groups in total. The first-order valence-electron chi connectivity index (χ1n) is 13.5. The Hall–Kier alpha value is -2.97. The summed E-state index contributed by atoms with van der Waals surface area (Å²) < 4.78 is 12.2. The molecule has 8 heteroatoms. The Morgan fingerprint density at radius 2 is 1.92 bits per heavy atom. The molecule has 0 saturated carbocycles. The van der Waals surface area contributed by atoms with E-state index in [4.69, 9.17) is 9.47 Å². The van der Waals surface area contributed by atoms with Crippen LogP contribution in [-0.4, -0.2) is 71.3 Å². The molecule has 4 rings (SSSR count). The van der Waals surface area contributed by atoms with Gasteiger partial charge in [-0.05, 0) is 57.1 Å². The molecule has 3 aliphatic rings. The minimum atomic E-state index is -1.16. The van der Waals surface area contributed by atoms with Gasteiger partial charge in [0.2, 0.25) is 5.91 Å². The summed E-state index contributed by atoms with van der Waals surface area (Å²) in [5.74, 6) is -2.75. The van der Waals surface area contributed by atoms with E-state index >= 15 is 0 Å². The molecular formula is C30H40N2O6. The van der Waals surface area contributed by atoms with Crippen LogP contribution < -0.4 is 4.90 Å². The average molecular weight is 525 g/mol. The van der Waals surface area contributed by atoms with Gasteiger partial charge in [0.1, 0.15) is 24.2 Å². The Labute approximate surface area is 225 Å². The van der Waals surface area contributed by atoms with Gasteiger partial charge in [-0.2, -0.15) is 0 Å². The van der Waals surface area contributed by atoms with Crippen molar-refractivity contribution >= 4 is 23.5 Å². The van der Waals surface area contributed by atoms with Gasteiger partial charge in [0.05, 0.1) is 11.5 Å². The summed E-state index contributed by atoms with van der Waals surface area (Å²) in [5.41, 5.74) is 0.571. The predicted molar refractivity (Wildman–Crippen MR) is 144 cm³/mol. The number of amides is 2. The monoisotopic (exact) mass is 524 g/mol. The highest BCUT2D eigenvalue weighted by atomic mass is 16.6. The predicted octanol–water partition coefficient (Wildman–Crippen LogP) is 3.33. The number of nitrogens with zero attached hydrogens (tertiary/aromatic N) is 2. The number of anilines is 1. The lowest BCUT2D eigenvalue weighted by Crippen LogP contribution is -2.57. The largest absolute Gasteiger partial charge is 0.461 e. The van der Waals surface area contributed by atoms with Gasteiger partial charge in [0, 0.05) is 25.4 Å². The smallest absolute Gasteiger partial charge is 0.313 e. The number of para-hydroxylation sites is 1. The van der Waals surface area contributed by atoms with Crippen molar-refractivity contribution in [2.24, 2.45) is 17.8 Å². The van der Waals surface area contributed by atoms with Gasteiger partial charge in [0.15, 0.2) is 0 Å². The van der Waals surface area contributed by atoms with E-state index in [-0.39, 0.29) is 44.0 Å². The second kappa shape index (κ2) is 10.7. The highest BCUT2D eigenvalue weighted by molar-refractivity contribution is 6.05. The van der Waals surface area contributed by atoms with Crippen molar-refractivity contribution in [2.75, 3.05) is 31.2 Å². The zero-order chi connectivity index (χ0) is 27.8. The van der Waals surface area contributed by atoms with E-state index in [2.05, 4.69) is 13.2 Å². The van der Waals surface area contributed by atoms with Gasteiger partial charge in [-0.1, -0.05) is 43.9 Å². The van der Waals surface area contributed by atoms with Crippen molar-refractivity contribution in [3.8, 4) is 0 Å². The van der Waals surface area contributed by atoms with Crippen LogP contribution in [0.2, 0.25) is 0 Å². The number of aryl methyl sites for hydroxylation is 2. The van der Waals surface area contributed by atoms with E-state index in [9.17, 15) is 19.5 Å². The van der Waals surface area contributed by atoms with E-state index in [1.165, 1.54) is 6.08 Å². The number of carbonyl (C=O) groups is 3. The van der Waals surface area contributed by atoms with E-state index in [1.54, 1.807) is 15.9 Å². The number of esters is 1. The van der Waals surface area contributed by atoms with Crippen molar-refractivity contribution in [1.82, 2.24) is 4.90 Å². The summed E-state index contributed by atoms with van der Waals surface area (Å²) in [4.78, 5) is 45.4. The molecule has 1 aromatic carbocycles. The summed E-state index contributed by atoms with van der Waals surface area (Å²) >= 11 is 0. The van der Waals surface area contributed by atoms with Crippen molar-refractivity contribution in [3.63, 3.8) is 0 Å². The van der Waals surface area contributed by atoms with Crippen LogP contribution in [0.3, 0.4) is 0 Å². The third kappa shape index (κ3) is 4.18. The molecule has 3 saturated heterocycles. The molecule has 0 aromatic heterocycles. The summed E-state index contributed by atoms with van der Waals surface area (Å²) in [7, 11) is 0. The molecule has 1 aromatic rings. The molecule has 1 spiro atoms. The Kier molecular flexibility index (Phi) is 7.86. The molecular weight excluding hydrogens is 484 g/mol. The fraction of sp³-hybridized carbons (Fsp3) is 0.567. The second-order valence-electron chi connectivity index (χ2n) is 11.1. The Bertz CT molecular complexity index is 1110. The number of ether oxygens (including phenoxy) is 2. The SMILES string of the molecule is C=CCOC(=O)[C@@H]1[C@H]2C(=O)N(CCCCO)C(C(=O)N(CC=C)c3c(C)cccc3C)C23CC(C)[C@@]1(C)O3. The average Bonchev–Trinajstić information content (AvgIpc) is 3.38. The van der Waals surface area contributed by atoms with Gasteiger partial charge in [0.25, 0.3) is 5.91 Å². The number of rotatable bonds is 11. The van der Waals surface area contributed by atoms with E-state index in [0.29, 0.717) is 19.3 Å². The molecule has 3 unspecified atom stereocenters. The molecule has 2 amide bonds. The van der Waals surface area contributed by atoms with Crippen LogP contribution >= 0.6 is 0 Å². The quantitative estimate of drug-likeness (QED) is 0.271. The number of fused-ring (bicyclic) bond motifs is 1. The number of aliphatic hydroxyl groups is 1. The van der Waals surface area contributed by atoms with Crippen LogP contribution in [0.5, 0.6) is 0 Å². The number of hydrogen-bond acceptors (Lipinski definition) is 6. The van der Waals surface area contributed by atoms with Crippen LogP contribution in [0.15, 0.2) is 43.5 Å². The maximum Gasteiger partial charge on any atom is 0.313 e. The minimum Gasteiger partial charge on any atom is -0.461 e. The number of benzene rings is 1. The van der Waals surface area contributed by atoms with E-state index < -0.39 is 35.0 Å². The molecule has 3 aliphatic heterocycles. The number of aliphatic hydroxyl groups excluding tert-OH is 1. The third-order valence-corrected chi connectivity index (χ3v) is 8.74. The normalized spacial score (nSPS) is 31.3. The minimum absolute atomic E-state index is 0.0116. The number of hydrogen-bond donors (Lipinski definition) is 1. The fourth-order valence-electron chi connectivity index (χ4n) is 7.04. The molecule has 206 valence electrons. The van der Waals surface area contributed by atoms with Crippen LogP contribution in [0, 0.1) is 31.6 Å². The van der Waals surface area contributed by atoms with E-state index in [1.807, 2.05) is 45.9 Å². The molecule has 8 nitrogen and oxygen atoms in total. The first-order chi connectivity index (χ1) is 18.1. The zero-order valence-corrected chi connectivity index (χ0v) is 22.9. The zero-order valence-electron chi connectivity index (χ0n) is 22.9. The maximum atomic E-state index is 14.6. The molecule has 3 heterocycles. The second-order valence-corrected chi connectivity index (χ2v) is 11.1. The fourth-order valence-corrected chi connectivity index (χ4v) is 7.04. The lowest BCUT2D eigenvalue weighted by molar-refractivity contribution is -0.160. The first kappa shape index (κ1) is 28.0. The topological polar surface area (TPSA) is 96.4 Å². The Balaban J connectivity index is 1.84. The van der Waals surface area contributed by atoms with Crippen molar-refractivity contribution in [3.05, 3.63) is 54.6 Å².